The maximum absolute atomic E-state index is 13.0. The van der Waals surface area contributed by atoms with Gasteiger partial charge < -0.3 is 19.6 Å². The number of aromatic nitrogens is 1. The van der Waals surface area contributed by atoms with Gasteiger partial charge in [0.25, 0.3) is 0 Å². The average Bonchev–Trinajstić information content (AvgIpc) is 3.42. The van der Waals surface area contributed by atoms with Gasteiger partial charge in [-0.1, -0.05) is 24.6 Å². The summed E-state index contributed by atoms with van der Waals surface area (Å²) in [6.07, 6.45) is 7.10. The van der Waals surface area contributed by atoms with E-state index in [0.717, 1.165) is 53.6 Å². The zero-order chi connectivity index (χ0) is 25.2. The molecule has 2 aliphatic rings. The van der Waals surface area contributed by atoms with Crippen LogP contribution in [0.1, 0.15) is 49.4 Å². The summed E-state index contributed by atoms with van der Waals surface area (Å²) in [6.45, 7) is 7.44. The highest BCUT2D eigenvalue weighted by Crippen LogP contribution is 2.40. The number of carbonyl (C=O) groups is 1. The van der Waals surface area contributed by atoms with Crippen LogP contribution < -0.4 is 9.64 Å². The number of carbonyl (C=O) groups excluding carboxylic acids is 1. The first kappa shape index (κ1) is 24.8. The van der Waals surface area contributed by atoms with Crippen LogP contribution in [-0.4, -0.2) is 60.6 Å². The number of halogens is 1. The summed E-state index contributed by atoms with van der Waals surface area (Å²) in [4.78, 5) is 22.6. The lowest BCUT2D eigenvalue weighted by atomic mass is 9.93. The van der Waals surface area contributed by atoms with Crippen LogP contribution in [0.2, 0.25) is 5.02 Å². The maximum atomic E-state index is 13.0. The van der Waals surface area contributed by atoms with E-state index in [2.05, 4.69) is 20.9 Å². The molecule has 5 rings (SSSR count). The number of hydrogen-bond donors (Lipinski definition) is 1. The van der Waals surface area contributed by atoms with Crippen molar-refractivity contribution in [3.05, 3.63) is 47.1 Å². The lowest BCUT2D eigenvalue weighted by molar-refractivity contribution is 0.0988. The van der Waals surface area contributed by atoms with E-state index in [1.807, 2.05) is 19.1 Å². The van der Waals surface area contributed by atoms with Gasteiger partial charge in [0, 0.05) is 37.6 Å². The molecule has 36 heavy (non-hydrogen) atoms. The van der Waals surface area contributed by atoms with Crippen LogP contribution in [0, 0.1) is 5.92 Å². The number of phenols is 1. The Morgan fingerprint density at radius 3 is 2.56 bits per heavy atom. The summed E-state index contributed by atoms with van der Waals surface area (Å²) in [5.74, 6) is 1.07. The Balaban J connectivity index is 1.52. The van der Waals surface area contributed by atoms with Gasteiger partial charge in [0.15, 0.2) is 17.3 Å². The Morgan fingerprint density at radius 1 is 1.11 bits per heavy atom. The summed E-state index contributed by atoms with van der Waals surface area (Å²) >= 11 is 6.28. The van der Waals surface area contributed by atoms with Gasteiger partial charge in [0.2, 0.25) is 0 Å². The van der Waals surface area contributed by atoms with Crippen molar-refractivity contribution in [2.75, 3.05) is 44.7 Å². The number of Topliss-reactive ketones (excluding diaryl/α,β-unsaturated/α-hetero) is 1. The molecule has 0 unspecified atom stereocenters. The van der Waals surface area contributed by atoms with E-state index in [-0.39, 0.29) is 16.6 Å². The van der Waals surface area contributed by atoms with Gasteiger partial charge >= 0.3 is 0 Å². The molecule has 0 radical (unpaired) electrons. The molecule has 0 atom stereocenters. The Morgan fingerprint density at radius 2 is 1.86 bits per heavy atom. The first-order valence-corrected chi connectivity index (χ1v) is 13.4. The fourth-order valence-electron chi connectivity index (χ4n) is 5.66. The van der Waals surface area contributed by atoms with Gasteiger partial charge in [-0.15, -0.1) is 0 Å². The van der Waals surface area contributed by atoms with Crippen LogP contribution >= 0.6 is 11.6 Å². The van der Waals surface area contributed by atoms with Crippen molar-refractivity contribution >= 4 is 34.0 Å². The molecule has 3 aromatic rings. The topological polar surface area (TPSA) is 65.9 Å². The number of ether oxygens (including phenoxy) is 1. The Hall–Kier alpha value is -2.83. The van der Waals surface area contributed by atoms with E-state index in [9.17, 15) is 9.90 Å². The van der Waals surface area contributed by atoms with E-state index in [1.54, 1.807) is 18.3 Å². The number of anilines is 1. The molecule has 1 N–H and O–H groups in total. The Bertz CT molecular complexity index is 1260. The molecule has 2 fully saturated rings. The number of aromatic hydroxyl groups is 1. The molecule has 0 spiro atoms. The molecule has 0 bridgehead atoms. The van der Waals surface area contributed by atoms with E-state index in [1.165, 1.54) is 39.6 Å². The van der Waals surface area contributed by atoms with Crippen molar-refractivity contribution in [1.82, 2.24) is 9.88 Å². The zero-order valence-electron chi connectivity index (χ0n) is 21.1. The first-order valence-electron chi connectivity index (χ1n) is 13.0. The fourth-order valence-corrected chi connectivity index (χ4v) is 5.87. The molecule has 190 valence electrons. The molecule has 2 aromatic carbocycles. The second-order valence-corrected chi connectivity index (χ2v) is 10.4. The minimum absolute atomic E-state index is 0.0707. The quantitative estimate of drug-likeness (QED) is 0.385. The molecule has 2 saturated heterocycles. The lowest BCUT2D eigenvalue weighted by Gasteiger charge is -2.36. The minimum atomic E-state index is -0.0707. The number of nitrogens with zero attached hydrogens (tertiary/aromatic N) is 3. The second-order valence-electron chi connectivity index (χ2n) is 9.98. The number of fused-ring (bicyclic) bond motifs is 1. The number of phenolic OH excluding ortho intramolecular Hbond substituents is 1. The SMILES string of the molecule is CCC(=O)c1cnc2ccc(-c3cc(Cl)c(O)c(OC)c3)cc2c1N1CCC(CN2CCCC2)CC1. The van der Waals surface area contributed by atoms with E-state index < -0.39 is 0 Å². The predicted octanol–water partition coefficient (Wildman–Crippen LogP) is 6.17. The normalized spacial score (nSPS) is 17.1. The van der Waals surface area contributed by atoms with Crippen LogP contribution in [-0.2, 0) is 0 Å². The van der Waals surface area contributed by atoms with Crippen molar-refractivity contribution in [2.45, 2.75) is 39.0 Å². The number of methoxy groups -OCH3 is 1. The van der Waals surface area contributed by atoms with Crippen LogP contribution in [0.25, 0.3) is 22.0 Å². The number of hydrogen-bond acceptors (Lipinski definition) is 6. The number of pyridine rings is 1. The molecule has 0 aliphatic carbocycles. The Kier molecular flexibility index (Phi) is 7.35. The predicted molar refractivity (Wildman–Crippen MR) is 146 cm³/mol. The highest BCUT2D eigenvalue weighted by molar-refractivity contribution is 6.32. The van der Waals surface area contributed by atoms with E-state index in [0.29, 0.717) is 23.7 Å². The van der Waals surface area contributed by atoms with Crippen LogP contribution in [0.15, 0.2) is 36.5 Å². The van der Waals surface area contributed by atoms with Crippen LogP contribution in [0.5, 0.6) is 11.5 Å². The van der Waals surface area contributed by atoms with E-state index >= 15 is 0 Å². The summed E-state index contributed by atoms with van der Waals surface area (Å²) in [7, 11) is 1.51. The minimum Gasteiger partial charge on any atom is -0.503 e. The highest BCUT2D eigenvalue weighted by atomic mass is 35.5. The largest absolute Gasteiger partial charge is 0.503 e. The Labute approximate surface area is 217 Å². The monoisotopic (exact) mass is 507 g/mol. The number of ketones is 1. The van der Waals surface area contributed by atoms with Crippen molar-refractivity contribution < 1.29 is 14.6 Å². The maximum Gasteiger partial charge on any atom is 0.176 e. The molecule has 1 aromatic heterocycles. The molecular weight excluding hydrogens is 474 g/mol. The third kappa shape index (κ3) is 4.89. The first-order chi connectivity index (χ1) is 17.5. The van der Waals surface area contributed by atoms with Gasteiger partial charge in [-0.25, -0.2) is 0 Å². The second kappa shape index (κ2) is 10.7. The van der Waals surface area contributed by atoms with Gasteiger partial charge in [0.05, 0.1) is 28.9 Å². The molecule has 0 saturated carbocycles. The van der Waals surface area contributed by atoms with Crippen LogP contribution in [0.4, 0.5) is 5.69 Å². The molecular formula is C29H34ClN3O3. The molecule has 3 heterocycles. The van der Waals surface area contributed by atoms with Gasteiger partial charge in [-0.2, -0.15) is 0 Å². The van der Waals surface area contributed by atoms with Gasteiger partial charge in [-0.3, -0.25) is 9.78 Å². The lowest BCUT2D eigenvalue weighted by Crippen LogP contribution is -2.38. The fraction of sp³-hybridized carbons (Fsp3) is 0.448. The smallest absolute Gasteiger partial charge is 0.176 e. The third-order valence-electron chi connectivity index (χ3n) is 7.69. The summed E-state index contributed by atoms with van der Waals surface area (Å²) in [5, 5.41) is 11.4. The molecule has 6 nitrogen and oxygen atoms in total. The van der Waals surface area contributed by atoms with Crippen molar-refractivity contribution in [1.29, 1.82) is 0 Å². The number of likely N-dealkylation sites (tertiary alicyclic amines) is 1. The standard InChI is InChI=1S/C29H34ClN3O3/c1-3-26(34)23-17-31-25-7-6-20(21-15-24(30)29(35)27(16-21)36-2)14-22(25)28(23)33-12-8-19(9-13-33)18-32-10-4-5-11-32/h6-7,14-17,19,35H,3-5,8-13,18H2,1-2H3. The summed E-state index contributed by atoms with van der Waals surface area (Å²) in [6, 6.07) is 9.58. The number of benzene rings is 2. The average molecular weight is 508 g/mol. The molecule has 0 amide bonds. The number of rotatable bonds is 7. The van der Waals surface area contributed by atoms with Crippen LogP contribution in [0.3, 0.4) is 0 Å². The van der Waals surface area contributed by atoms with Crippen molar-refractivity contribution in [2.24, 2.45) is 5.92 Å². The third-order valence-corrected chi connectivity index (χ3v) is 7.98. The van der Waals surface area contributed by atoms with Crippen molar-refractivity contribution in [3.63, 3.8) is 0 Å². The van der Waals surface area contributed by atoms with Gasteiger partial charge in [-0.05, 0) is 80.1 Å². The number of piperidine rings is 1. The van der Waals surface area contributed by atoms with Crippen molar-refractivity contribution in [3.8, 4) is 22.6 Å². The zero-order valence-corrected chi connectivity index (χ0v) is 21.9. The summed E-state index contributed by atoms with van der Waals surface area (Å²) in [5.41, 5.74) is 4.30. The summed E-state index contributed by atoms with van der Waals surface area (Å²) < 4.78 is 5.31. The molecule has 2 aliphatic heterocycles. The molecule has 7 heteroatoms. The van der Waals surface area contributed by atoms with Gasteiger partial charge in [0.1, 0.15) is 0 Å². The highest BCUT2D eigenvalue weighted by Gasteiger charge is 2.27. The van der Waals surface area contributed by atoms with E-state index in [4.69, 9.17) is 16.3 Å².